The summed E-state index contributed by atoms with van der Waals surface area (Å²) in [6.45, 7) is 1.85. The van der Waals surface area contributed by atoms with E-state index in [2.05, 4.69) is 21.0 Å². The number of benzene rings is 3. The standard InChI is InChI=1S/C28H23N5O6/c1-15(17-9-6-10-19(13-17)39-2)29-22-23(25(35)24(22)34)30-18-11-12-21-20(14-18)26(32-33(21)28(37)38)31-27(36)16-7-4-3-5-8-16/h3-15,29-30H,1-2H3,(H,37,38)(H,31,32,36)/t15-/m1/s1. The highest BCUT2D eigenvalue weighted by Gasteiger charge is 2.24. The van der Waals surface area contributed by atoms with E-state index in [4.69, 9.17) is 4.74 Å². The van der Waals surface area contributed by atoms with E-state index in [9.17, 15) is 24.3 Å². The highest BCUT2D eigenvalue weighted by molar-refractivity contribution is 6.09. The molecule has 4 aromatic carbocycles. The van der Waals surface area contributed by atoms with Crippen molar-refractivity contribution in [2.24, 2.45) is 0 Å². The molecule has 0 aliphatic carbocycles. The van der Waals surface area contributed by atoms with Crippen molar-refractivity contribution in [1.82, 2.24) is 9.78 Å². The quantitative estimate of drug-likeness (QED) is 0.217. The van der Waals surface area contributed by atoms with E-state index in [1.54, 1.807) is 55.6 Å². The third-order valence-electron chi connectivity index (χ3n) is 6.26. The molecular weight excluding hydrogens is 502 g/mol. The molecular formula is C28H23N5O6. The van der Waals surface area contributed by atoms with Crippen LogP contribution in [-0.2, 0) is 0 Å². The molecule has 39 heavy (non-hydrogen) atoms. The molecule has 0 bridgehead atoms. The Kier molecular flexibility index (Phi) is 6.55. The van der Waals surface area contributed by atoms with Gasteiger partial charge in [-0.25, -0.2) is 4.79 Å². The zero-order valence-electron chi connectivity index (χ0n) is 20.9. The molecule has 1 aromatic heterocycles. The monoisotopic (exact) mass is 525 g/mol. The van der Waals surface area contributed by atoms with Gasteiger partial charge in [-0.2, -0.15) is 4.68 Å². The topological polar surface area (TPSA) is 152 Å². The van der Waals surface area contributed by atoms with Gasteiger partial charge in [0.1, 0.15) is 17.1 Å². The van der Waals surface area contributed by atoms with Crippen LogP contribution in [0.3, 0.4) is 0 Å². The van der Waals surface area contributed by atoms with Crippen molar-refractivity contribution in [2.75, 3.05) is 23.1 Å². The number of carbonyl (C=O) groups excluding carboxylic acids is 1. The first-order chi connectivity index (χ1) is 18.8. The number of carboxylic acid groups (broad SMARTS) is 1. The number of methoxy groups -OCH3 is 1. The summed E-state index contributed by atoms with van der Waals surface area (Å²) in [6, 6.07) is 20.0. The molecule has 11 nitrogen and oxygen atoms in total. The van der Waals surface area contributed by atoms with E-state index in [1.807, 2.05) is 25.1 Å². The second kappa shape index (κ2) is 10.1. The van der Waals surface area contributed by atoms with Crippen LogP contribution in [0.4, 0.5) is 27.7 Å². The van der Waals surface area contributed by atoms with Gasteiger partial charge in [0.15, 0.2) is 5.82 Å². The molecule has 0 spiro atoms. The smallest absolute Gasteiger partial charge is 0.432 e. The lowest BCUT2D eigenvalue weighted by Crippen LogP contribution is -2.37. The van der Waals surface area contributed by atoms with Crippen molar-refractivity contribution < 1.29 is 19.4 Å². The summed E-state index contributed by atoms with van der Waals surface area (Å²) in [6.07, 6.45) is -1.33. The zero-order chi connectivity index (χ0) is 27.7. The zero-order valence-corrected chi connectivity index (χ0v) is 20.9. The maximum Gasteiger partial charge on any atom is 0.432 e. The van der Waals surface area contributed by atoms with Crippen LogP contribution in [0.15, 0.2) is 82.4 Å². The molecule has 0 saturated heterocycles. The van der Waals surface area contributed by atoms with E-state index in [0.717, 1.165) is 10.2 Å². The Morgan fingerprint density at radius 1 is 0.949 bits per heavy atom. The third kappa shape index (κ3) is 4.80. The van der Waals surface area contributed by atoms with Crippen molar-refractivity contribution in [3.05, 3.63) is 104 Å². The normalized spacial score (nSPS) is 11.7. The number of rotatable bonds is 8. The number of hydrogen-bond donors (Lipinski definition) is 4. The molecule has 4 N–H and O–H groups in total. The summed E-state index contributed by atoms with van der Waals surface area (Å²) in [4.78, 5) is 49.3. The minimum absolute atomic E-state index is 0.0277. The Hall–Kier alpha value is -5.45. The summed E-state index contributed by atoms with van der Waals surface area (Å²) in [7, 11) is 1.56. The van der Waals surface area contributed by atoms with E-state index in [1.165, 1.54) is 6.07 Å². The number of nitrogens with one attached hydrogen (secondary N) is 3. The van der Waals surface area contributed by atoms with Gasteiger partial charge in [0, 0.05) is 22.7 Å². The molecule has 1 amide bonds. The molecule has 0 aliphatic rings. The van der Waals surface area contributed by atoms with Gasteiger partial charge >= 0.3 is 6.09 Å². The first-order valence-electron chi connectivity index (χ1n) is 11.9. The molecule has 1 heterocycles. The summed E-state index contributed by atoms with van der Waals surface area (Å²) < 4.78 is 6.01. The first kappa shape index (κ1) is 25.2. The van der Waals surface area contributed by atoms with Crippen molar-refractivity contribution in [1.29, 1.82) is 0 Å². The summed E-state index contributed by atoms with van der Waals surface area (Å²) in [5.74, 6) is 0.223. The molecule has 0 fully saturated rings. The van der Waals surface area contributed by atoms with Crippen LogP contribution in [0.1, 0.15) is 28.9 Å². The van der Waals surface area contributed by atoms with Crippen LogP contribution >= 0.6 is 0 Å². The number of hydrogen-bond acceptors (Lipinski definition) is 8. The Morgan fingerprint density at radius 3 is 2.41 bits per heavy atom. The van der Waals surface area contributed by atoms with Crippen LogP contribution in [0.2, 0.25) is 0 Å². The lowest BCUT2D eigenvalue weighted by molar-refractivity contribution is 0.102. The highest BCUT2D eigenvalue weighted by atomic mass is 16.5. The van der Waals surface area contributed by atoms with Crippen LogP contribution in [0.25, 0.3) is 10.9 Å². The third-order valence-corrected chi connectivity index (χ3v) is 6.26. The fourth-order valence-corrected chi connectivity index (χ4v) is 4.21. The van der Waals surface area contributed by atoms with Gasteiger partial charge in [0.2, 0.25) is 0 Å². The predicted molar refractivity (Wildman–Crippen MR) is 147 cm³/mol. The molecule has 5 aromatic rings. The number of amides is 1. The molecule has 11 heteroatoms. The molecule has 0 saturated carbocycles. The maximum atomic E-state index is 12.7. The van der Waals surface area contributed by atoms with E-state index in [0.29, 0.717) is 22.4 Å². The van der Waals surface area contributed by atoms with Gasteiger partial charge in [-0.3, -0.25) is 14.4 Å². The number of aromatic nitrogens is 2. The lowest BCUT2D eigenvalue weighted by Gasteiger charge is -2.20. The largest absolute Gasteiger partial charge is 0.497 e. The maximum absolute atomic E-state index is 12.7. The Balaban J connectivity index is 1.44. The van der Waals surface area contributed by atoms with E-state index in [-0.39, 0.29) is 28.8 Å². The minimum atomic E-state index is -1.33. The molecule has 196 valence electrons. The van der Waals surface area contributed by atoms with Crippen LogP contribution in [0, 0.1) is 0 Å². The average molecular weight is 526 g/mol. The Bertz CT molecular complexity index is 1790. The SMILES string of the molecule is COc1cccc([C@@H](C)Nc2c(Nc3ccc4c(c3)c(NC(=O)c3ccccc3)nn4C(=O)O)c(=O)c2=O)c1. The Morgan fingerprint density at radius 2 is 1.69 bits per heavy atom. The highest BCUT2D eigenvalue weighted by Crippen LogP contribution is 2.30. The number of ether oxygens (including phenoxy) is 1. The Labute approximate surface area is 221 Å². The first-order valence-corrected chi connectivity index (χ1v) is 11.9. The van der Waals surface area contributed by atoms with Crippen LogP contribution < -0.4 is 31.5 Å². The fourth-order valence-electron chi connectivity index (χ4n) is 4.21. The van der Waals surface area contributed by atoms with Crippen LogP contribution in [0.5, 0.6) is 5.75 Å². The van der Waals surface area contributed by atoms with Crippen LogP contribution in [-0.4, -0.2) is 34.0 Å². The lowest BCUT2D eigenvalue weighted by atomic mass is 10.1. The van der Waals surface area contributed by atoms with Crippen molar-refractivity contribution in [2.45, 2.75) is 13.0 Å². The molecule has 0 unspecified atom stereocenters. The number of fused-ring (bicyclic) bond motifs is 1. The summed E-state index contributed by atoms with van der Waals surface area (Å²) in [5.41, 5.74) is 0.725. The fraction of sp³-hybridized carbons (Fsp3) is 0.107. The number of nitrogens with zero attached hydrogens (tertiary/aromatic N) is 2. The van der Waals surface area contributed by atoms with Gasteiger partial charge in [-0.05, 0) is 55.0 Å². The number of carbonyl (C=O) groups is 2. The van der Waals surface area contributed by atoms with Gasteiger partial charge in [0.25, 0.3) is 16.8 Å². The summed E-state index contributed by atoms with van der Waals surface area (Å²) in [5, 5.41) is 22.6. The van der Waals surface area contributed by atoms with Crippen molar-refractivity contribution in [3.63, 3.8) is 0 Å². The van der Waals surface area contributed by atoms with Gasteiger partial charge in [-0.15, -0.1) is 5.10 Å². The number of anilines is 4. The second-order valence-electron chi connectivity index (χ2n) is 8.77. The molecule has 0 radical (unpaired) electrons. The van der Waals surface area contributed by atoms with Gasteiger partial charge in [0.05, 0.1) is 12.6 Å². The van der Waals surface area contributed by atoms with Gasteiger partial charge in [-0.1, -0.05) is 30.3 Å². The van der Waals surface area contributed by atoms with E-state index < -0.39 is 22.9 Å². The summed E-state index contributed by atoms with van der Waals surface area (Å²) >= 11 is 0. The second-order valence-corrected chi connectivity index (χ2v) is 8.77. The van der Waals surface area contributed by atoms with Crippen molar-refractivity contribution in [3.8, 4) is 5.75 Å². The molecule has 5 rings (SSSR count). The predicted octanol–water partition coefficient (Wildman–Crippen LogP) is 4.34. The molecule has 1 atom stereocenters. The van der Waals surface area contributed by atoms with Gasteiger partial charge < -0.3 is 25.8 Å². The van der Waals surface area contributed by atoms with E-state index >= 15 is 0 Å². The molecule has 0 aliphatic heterocycles. The minimum Gasteiger partial charge on any atom is -0.497 e. The average Bonchev–Trinajstić information content (AvgIpc) is 3.32. The van der Waals surface area contributed by atoms with Crippen molar-refractivity contribution >= 4 is 45.8 Å².